The number of nitrogens with zero attached hydrogens (tertiary/aromatic N) is 2. The number of rotatable bonds is 4. The molecule has 0 spiro atoms. The van der Waals surface area contributed by atoms with Crippen molar-refractivity contribution < 1.29 is 0 Å². The minimum absolute atomic E-state index is 0.152. The van der Waals surface area contributed by atoms with Crippen molar-refractivity contribution in [1.82, 2.24) is 10.2 Å². The molecule has 5 N–H and O–H groups in total. The van der Waals surface area contributed by atoms with Crippen molar-refractivity contribution in [3.8, 4) is 0 Å². The summed E-state index contributed by atoms with van der Waals surface area (Å²) in [7, 11) is 0. The molecule has 1 aromatic heterocycles. The van der Waals surface area contributed by atoms with Crippen LogP contribution in [0.25, 0.3) is 0 Å². The molecule has 1 rings (SSSR count). The highest BCUT2D eigenvalue weighted by atomic mass is 15.1. The second-order valence-electron chi connectivity index (χ2n) is 2.49. The fourth-order valence-corrected chi connectivity index (χ4v) is 0.902. The number of nitrogens with two attached hydrogens (primary N) is 2. The van der Waals surface area contributed by atoms with E-state index in [0.717, 1.165) is 18.5 Å². The third-order valence-corrected chi connectivity index (χ3v) is 1.46. The largest absolute Gasteiger partial charge is 0.370 e. The Balaban J connectivity index is 2.16. The number of aliphatic imine (C=N–C) groups is 1. The summed E-state index contributed by atoms with van der Waals surface area (Å²) < 4.78 is 0. The number of aryl methyl sites for hydroxylation is 1. The van der Waals surface area contributed by atoms with Crippen LogP contribution in [-0.2, 0) is 6.42 Å². The van der Waals surface area contributed by atoms with Crippen LogP contribution in [0.15, 0.2) is 17.3 Å². The summed E-state index contributed by atoms with van der Waals surface area (Å²) in [6.45, 7) is 0.668. The maximum atomic E-state index is 5.16. The van der Waals surface area contributed by atoms with Crippen molar-refractivity contribution in [3.05, 3.63) is 18.0 Å². The van der Waals surface area contributed by atoms with Crippen molar-refractivity contribution in [3.63, 3.8) is 0 Å². The lowest BCUT2D eigenvalue weighted by Gasteiger charge is -1.94. The van der Waals surface area contributed by atoms with E-state index in [0.29, 0.717) is 6.54 Å². The molecule has 0 aliphatic rings. The Labute approximate surface area is 70.9 Å². The lowest BCUT2D eigenvalue weighted by molar-refractivity contribution is 0.803. The van der Waals surface area contributed by atoms with E-state index in [1.165, 1.54) is 0 Å². The maximum absolute atomic E-state index is 5.16. The Kier molecular flexibility index (Phi) is 3.13. The molecule has 66 valence electrons. The second kappa shape index (κ2) is 4.38. The standard InChI is InChI=1S/C7H13N5/c8-7(9)10-4-1-2-6-3-5-11-12-6/h3,5H,1-2,4H2,(H,11,12)(H4,8,9,10). The maximum Gasteiger partial charge on any atom is 0.185 e. The van der Waals surface area contributed by atoms with E-state index in [9.17, 15) is 0 Å². The molecular formula is C7H13N5. The van der Waals surface area contributed by atoms with Gasteiger partial charge in [-0.3, -0.25) is 10.1 Å². The van der Waals surface area contributed by atoms with Crippen molar-refractivity contribution in [1.29, 1.82) is 0 Å². The molecule has 12 heavy (non-hydrogen) atoms. The molecule has 5 heteroatoms. The van der Waals surface area contributed by atoms with E-state index in [1.54, 1.807) is 6.20 Å². The smallest absolute Gasteiger partial charge is 0.185 e. The average molecular weight is 167 g/mol. The van der Waals surface area contributed by atoms with Crippen LogP contribution in [-0.4, -0.2) is 22.7 Å². The van der Waals surface area contributed by atoms with Crippen molar-refractivity contribution in [2.45, 2.75) is 12.8 Å². The highest BCUT2D eigenvalue weighted by molar-refractivity contribution is 5.75. The Morgan fingerprint density at radius 3 is 3.00 bits per heavy atom. The zero-order chi connectivity index (χ0) is 8.81. The first-order valence-corrected chi connectivity index (χ1v) is 3.82. The van der Waals surface area contributed by atoms with E-state index in [-0.39, 0.29) is 5.96 Å². The summed E-state index contributed by atoms with van der Waals surface area (Å²) in [6.07, 6.45) is 3.59. The summed E-state index contributed by atoms with van der Waals surface area (Å²) >= 11 is 0. The van der Waals surface area contributed by atoms with E-state index in [4.69, 9.17) is 11.5 Å². The molecule has 0 atom stereocenters. The third-order valence-electron chi connectivity index (χ3n) is 1.46. The zero-order valence-electron chi connectivity index (χ0n) is 6.83. The van der Waals surface area contributed by atoms with Gasteiger partial charge in [0.05, 0.1) is 0 Å². The lowest BCUT2D eigenvalue weighted by atomic mass is 10.2. The summed E-state index contributed by atoms with van der Waals surface area (Å²) in [5.74, 6) is 0.152. The van der Waals surface area contributed by atoms with Crippen LogP contribution in [0.5, 0.6) is 0 Å². The number of hydrogen-bond donors (Lipinski definition) is 3. The Bertz CT molecular complexity index is 234. The quantitative estimate of drug-likeness (QED) is 0.324. The SMILES string of the molecule is NC(N)=NCCCc1ccn[nH]1. The highest BCUT2D eigenvalue weighted by Crippen LogP contribution is 1.96. The molecule has 0 radical (unpaired) electrons. The van der Waals surface area contributed by atoms with Gasteiger partial charge in [-0.1, -0.05) is 0 Å². The van der Waals surface area contributed by atoms with Crippen LogP contribution in [0.4, 0.5) is 0 Å². The van der Waals surface area contributed by atoms with Gasteiger partial charge in [0.25, 0.3) is 0 Å². The minimum atomic E-state index is 0.152. The van der Waals surface area contributed by atoms with Crippen LogP contribution in [0, 0.1) is 0 Å². The first-order chi connectivity index (χ1) is 5.79. The number of H-pyrrole nitrogens is 1. The molecule has 0 saturated carbocycles. The summed E-state index contributed by atoms with van der Waals surface area (Å²) in [5, 5.41) is 6.69. The summed E-state index contributed by atoms with van der Waals surface area (Å²) in [4.78, 5) is 3.86. The molecule has 0 unspecified atom stereocenters. The third kappa shape index (κ3) is 3.05. The number of guanidine groups is 1. The first kappa shape index (κ1) is 8.58. The molecule has 0 fully saturated rings. The van der Waals surface area contributed by atoms with Gasteiger partial charge in [-0.15, -0.1) is 0 Å². The van der Waals surface area contributed by atoms with Gasteiger partial charge in [-0.2, -0.15) is 5.10 Å². The molecule has 0 aliphatic carbocycles. The van der Waals surface area contributed by atoms with Gasteiger partial charge in [0.1, 0.15) is 0 Å². The van der Waals surface area contributed by atoms with Crippen LogP contribution >= 0.6 is 0 Å². The Morgan fingerprint density at radius 2 is 2.42 bits per heavy atom. The molecule has 0 aromatic carbocycles. The minimum Gasteiger partial charge on any atom is -0.370 e. The van der Waals surface area contributed by atoms with Crippen LogP contribution in [0.1, 0.15) is 12.1 Å². The fourth-order valence-electron chi connectivity index (χ4n) is 0.902. The van der Waals surface area contributed by atoms with Crippen LogP contribution in [0.2, 0.25) is 0 Å². The topological polar surface area (TPSA) is 93.1 Å². The number of hydrogen-bond acceptors (Lipinski definition) is 2. The molecule has 0 amide bonds. The lowest BCUT2D eigenvalue weighted by Crippen LogP contribution is -2.23. The Morgan fingerprint density at radius 1 is 1.58 bits per heavy atom. The molecule has 0 aliphatic heterocycles. The van der Waals surface area contributed by atoms with E-state index >= 15 is 0 Å². The zero-order valence-corrected chi connectivity index (χ0v) is 6.83. The Hall–Kier alpha value is -1.52. The fraction of sp³-hybridized carbons (Fsp3) is 0.429. The van der Waals surface area contributed by atoms with E-state index < -0.39 is 0 Å². The van der Waals surface area contributed by atoms with Gasteiger partial charge in [0, 0.05) is 18.4 Å². The van der Waals surface area contributed by atoms with Gasteiger partial charge in [0.15, 0.2) is 5.96 Å². The van der Waals surface area contributed by atoms with Crippen molar-refractivity contribution in [2.24, 2.45) is 16.5 Å². The number of aromatic nitrogens is 2. The van der Waals surface area contributed by atoms with Gasteiger partial charge >= 0.3 is 0 Å². The van der Waals surface area contributed by atoms with Crippen LogP contribution < -0.4 is 11.5 Å². The van der Waals surface area contributed by atoms with Crippen molar-refractivity contribution >= 4 is 5.96 Å². The van der Waals surface area contributed by atoms with Crippen LogP contribution in [0.3, 0.4) is 0 Å². The summed E-state index contributed by atoms with van der Waals surface area (Å²) in [6, 6.07) is 1.94. The van der Waals surface area contributed by atoms with Crippen molar-refractivity contribution in [2.75, 3.05) is 6.54 Å². The van der Waals surface area contributed by atoms with Gasteiger partial charge in [-0.05, 0) is 18.9 Å². The second-order valence-corrected chi connectivity index (χ2v) is 2.49. The van der Waals surface area contributed by atoms with Gasteiger partial charge in [0.2, 0.25) is 0 Å². The normalized spacial score (nSPS) is 9.67. The van der Waals surface area contributed by atoms with E-state index in [1.807, 2.05) is 6.07 Å². The molecule has 5 nitrogen and oxygen atoms in total. The average Bonchev–Trinajstić information content (AvgIpc) is 2.49. The first-order valence-electron chi connectivity index (χ1n) is 3.82. The number of aromatic amines is 1. The highest BCUT2D eigenvalue weighted by Gasteiger charge is 1.92. The molecule has 1 heterocycles. The van der Waals surface area contributed by atoms with E-state index in [2.05, 4.69) is 15.2 Å². The predicted molar refractivity (Wildman–Crippen MR) is 47.6 cm³/mol. The predicted octanol–water partition coefficient (Wildman–Crippen LogP) is -0.384. The molecule has 0 saturated heterocycles. The number of nitrogens with one attached hydrogen (secondary N) is 1. The summed E-state index contributed by atoms with van der Waals surface area (Å²) in [5.41, 5.74) is 11.4. The molecule has 0 bridgehead atoms. The molecule has 1 aromatic rings. The monoisotopic (exact) mass is 167 g/mol. The van der Waals surface area contributed by atoms with Gasteiger partial charge < -0.3 is 11.5 Å². The van der Waals surface area contributed by atoms with Gasteiger partial charge in [-0.25, -0.2) is 0 Å². The molecular weight excluding hydrogens is 154 g/mol.